The van der Waals surface area contributed by atoms with Crippen LogP contribution in [0.4, 0.5) is 5.82 Å². The highest BCUT2D eigenvalue weighted by molar-refractivity contribution is 6.30. The van der Waals surface area contributed by atoms with Crippen LogP contribution in [-0.2, 0) is 73.6 Å². The number of benzene rings is 3. The molecule has 7 aromatic rings. The van der Waals surface area contributed by atoms with Gasteiger partial charge in [0.2, 0.25) is 53.2 Å². The zero-order valence-electron chi connectivity index (χ0n) is 62.2. The number of H-pyrrole nitrogens is 1. The van der Waals surface area contributed by atoms with E-state index in [-0.39, 0.29) is 138 Å². The van der Waals surface area contributed by atoms with Crippen LogP contribution in [-0.4, -0.2) is 210 Å². The molecule has 11 amide bonds. The number of likely N-dealkylation sites (tertiary alicyclic amines) is 1. The lowest BCUT2D eigenvalue weighted by molar-refractivity contribution is -0.144. The van der Waals surface area contributed by atoms with Gasteiger partial charge in [0.1, 0.15) is 65.9 Å². The summed E-state index contributed by atoms with van der Waals surface area (Å²) in [6, 6.07) is 16.3. The van der Waals surface area contributed by atoms with Crippen molar-refractivity contribution < 1.29 is 67.7 Å². The fourth-order valence-electron chi connectivity index (χ4n) is 12.4. The van der Waals surface area contributed by atoms with Crippen LogP contribution in [0.3, 0.4) is 0 Å². The molecule has 0 unspecified atom stereocenters. The van der Waals surface area contributed by atoms with Gasteiger partial charge in [-0.05, 0) is 147 Å². The van der Waals surface area contributed by atoms with Crippen molar-refractivity contribution in [2.75, 3.05) is 38.5 Å². The molecule has 5 heterocycles. The van der Waals surface area contributed by atoms with Crippen molar-refractivity contribution in [2.24, 2.45) is 22.2 Å². The van der Waals surface area contributed by atoms with E-state index >= 15 is 9.59 Å². The predicted molar refractivity (Wildman–Crippen MR) is 417 cm³/mol. The number of rotatable bonds is 43. The molecule has 600 valence electrons. The molecule has 0 saturated carbocycles. The highest BCUT2D eigenvalue weighted by Crippen LogP contribution is 2.22. The monoisotopic (exact) mass is 1570 g/mol. The SMILES string of the molecule is C[C@H](NC(=O)[C@H]1CCCN1C(=O)[C@H](CCCN=C(N)N)NC(=O)[C@H](Cc1c[nH]cn1)NC(=O)[C@H](CCCCNC(=O)c1ccc(N)nc1)NC(=O)[C@H](CCCCNC(=O)c1ccccn1)NC(=O)[C@H](CO)NC(=O)[C@H](Cc1cccnc1)NC(=O)[C@H](Cc1ccc(Cl)cc1)NC(=O)[C@@H](N)Cc1ccc2ccccc2c1)C(=O)O. The molecule has 0 aliphatic carbocycles. The van der Waals surface area contributed by atoms with Gasteiger partial charge in [-0.3, -0.25) is 72.5 Å². The Balaban J connectivity index is 1.05. The maximum absolute atomic E-state index is 15.2. The number of carbonyl (C=O) groups excluding carboxylic acids is 11. The van der Waals surface area contributed by atoms with Crippen LogP contribution in [0.2, 0.25) is 5.02 Å². The number of nitrogens with one attached hydrogen (secondary N) is 11. The molecule has 21 N–H and O–H groups in total. The smallest absolute Gasteiger partial charge is 0.325 e. The molecule has 0 spiro atoms. The number of carboxylic acids is 1. The summed E-state index contributed by atoms with van der Waals surface area (Å²) in [6.45, 7) is 0.349. The molecule has 0 bridgehead atoms. The molecule has 1 aliphatic rings. The van der Waals surface area contributed by atoms with Crippen molar-refractivity contribution in [3.05, 3.63) is 185 Å². The maximum Gasteiger partial charge on any atom is 0.325 e. The Hall–Kier alpha value is -12.5. The van der Waals surface area contributed by atoms with Crippen molar-refractivity contribution in [3.8, 4) is 0 Å². The standard InChI is InChI=1S/C77H96ClN21O14/c1-45(76(112)113)91-74(110)63-20-12-34-99(63)75(111)58(19-11-33-88-77(81)82)94-72(108)61(39-53-42-84-44-90-53)97-69(105)57(18-5-8-31-86-65(101)51-25-28-64(80)89-41-51)92-68(104)56(17-6-9-32-87-67(103)55-16-4-7-30-85-55)93-73(109)62(43-100)98-71(107)60(38-48-13-10-29-83-40-48)96-70(106)59(37-46-22-26-52(78)27-23-46)95-66(102)54(79)36-47-21-24-49-14-2-3-15-50(49)35-47/h2-4,7,10,13-16,21-30,35,40-42,44-45,54,56-63,100H,5-6,8-9,11-12,17-20,31-34,36-39,43,79H2,1H3,(H2,80,89)(H,84,90)(H,86,101)(H,87,103)(H,91,110)(H,92,104)(H,93,109)(H,94,108)(H,95,102)(H,96,106)(H,97,105)(H,98,107)(H,112,113)(H4,81,82,88)/t45-,54-,56-,57-,58-,59-,60-,61-,62-,63+/m0/s1. The van der Waals surface area contributed by atoms with Crippen LogP contribution in [0.15, 0.2) is 151 Å². The van der Waals surface area contributed by atoms with Gasteiger partial charge in [-0.2, -0.15) is 0 Å². The van der Waals surface area contributed by atoms with Gasteiger partial charge in [0, 0.05) is 81.4 Å². The quantitative estimate of drug-likeness (QED) is 0.0134. The van der Waals surface area contributed by atoms with E-state index in [0.717, 1.165) is 16.3 Å². The first-order valence-electron chi connectivity index (χ1n) is 37.0. The number of aromatic nitrogens is 5. The normalized spacial score (nSPS) is 14.8. The minimum absolute atomic E-state index is 0.00752. The van der Waals surface area contributed by atoms with Gasteiger partial charge in [-0.25, -0.2) is 9.97 Å². The van der Waals surface area contributed by atoms with Gasteiger partial charge in [0.25, 0.3) is 11.8 Å². The highest BCUT2D eigenvalue weighted by atomic mass is 35.5. The molecule has 113 heavy (non-hydrogen) atoms. The van der Waals surface area contributed by atoms with Crippen LogP contribution < -0.4 is 76.1 Å². The number of aliphatic hydroxyl groups is 1. The van der Waals surface area contributed by atoms with E-state index in [9.17, 15) is 58.2 Å². The van der Waals surface area contributed by atoms with Crippen LogP contribution in [0, 0.1) is 0 Å². The number of hydrogen-bond donors (Lipinski definition) is 17. The number of halogens is 1. The lowest BCUT2D eigenvalue weighted by atomic mass is 10.00. The number of guanidine groups is 1. The van der Waals surface area contributed by atoms with Crippen molar-refractivity contribution in [2.45, 2.75) is 157 Å². The number of pyridine rings is 3. The van der Waals surface area contributed by atoms with E-state index in [4.69, 9.17) is 34.5 Å². The number of fused-ring (bicyclic) bond motifs is 1. The summed E-state index contributed by atoms with van der Waals surface area (Å²) in [5, 5.41) is 49.6. The molecule has 1 aliphatic heterocycles. The molecular formula is C77H96ClN21O14. The second-order valence-electron chi connectivity index (χ2n) is 27.2. The van der Waals surface area contributed by atoms with Crippen LogP contribution in [0.25, 0.3) is 10.8 Å². The lowest BCUT2D eigenvalue weighted by Gasteiger charge is -2.30. The maximum atomic E-state index is 15.2. The Bertz CT molecular complexity index is 4410. The predicted octanol–water partition coefficient (Wildman–Crippen LogP) is -0.198. The average Bonchev–Trinajstić information content (AvgIpc) is 1.68. The molecule has 35 nitrogen and oxygen atoms in total. The van der Waals surface area contributed by atoms with Crippen molar-refractivity contribution in [3.63, 3.8) is 0 Å². The highest BCUT2D eigenvalue weighted by Gasteiger charge is 2.40. The molecule has 10 atom stereocenters. The fourth-order valence-corrected chi connectivity index (χ4v) is 12.5. The van der Waals surface area contributed by atoms with Crippen molar-refractivity contribution in [1.29, 1.82) is 0 Å². The van der Waals surface area contributed by atoms with E-state index in [1.54, 1.807) is 48.5 Å². The summed E-state index contributed by atoms with van der Waals surface area (Å²) < 4.78 is 0. The number of aromatic amines is 1. The molecular weight excluding hydrogens is 1480 g/mol. The van der Waals surface area contributed by atoms with E-state index in [1.807, 2.05) is 42.5 Å². The average molecular weight is 1580 g/mol. The molecule has 3 aromatic carbocycles. The second-order valence-corrected chi connectivity index (χ2v) is 27.6. The number of carbonyl (C=O) groups is 12. The van der Waals surface area contributed by atoms with Gasteiger partial charge in [-0.15, -0.1) is 0 Å². The van der Waals surface area contributed by atoms with Gasteiger partial charge < -0.3 is 96.2 Å². The van der Waals surface area contributed by atoms with Gasteiger partial charge in [0.05, 0.1) is 30.2 Å². The topological polar surface area (TPSA) is 553 Å². The van der Waals surface area contributed by atoms with Gasteiger partial charge in [0.15, 0.2) is 5.96 Å². The molecule has 1 saturated heterocycles. The second kappa shape index (κ2) is 43.8. The van der Waals surface area contributed by atoms with Crippen LogP contribution >= 0.6 is 11.6 Å². The summed E-state index contributed by atoms with van der Waals surface area (Å²) >= 11 is 6.24. The van der Waals surface area contributed by atoms with Crippen molar-refractivity contribution >= 4 is 105 Å². The summed E-state index contributed by atoms with van der Waals surface area (Å²) in [4.78, 5) is 194. The number of aliphatic hydroxyl groups excluding tert-OH is 1. The first-order valence-corrected chi connectivity index (χ1v) is 37.4. The van der Waals surface area contributed by atoms with Gasteiger partial charge >= 0.3 is 5.97 Å². The Kier molecular flexibility index (Phi) is 33.4. The minimum Gasteiger partial charge on any atom is -0.480 e. The molecule has 8 rings (SSSR count). The first kappa shape index (κ1) is 86.1. The fraction of sp³-hybridized carbons (Fsp3) is 0.390. The van der Waals surface area contributed by atoms with Crippen molar-refractivity contribution in [1.82, 2.24) is 83.0 Å². The third kappa shape index (κ3) is 27.5. The third-order valence-electron chi connectivity index (χ3n) is 18.6. The number of hydrogen-bond acceptors (Lipinski definition) is 20. The molecule has 36 heteroatoms. The number of nitrogens with zero attached hydrogens (tertiary/aromatic N) is 6. The summed E-state index contributed by atoms with van der Waals surface area (Å²) in [7, 11) is 0. The molecule has 1 fully saturated rings. The lowest BCUT2D eigenvalue weighted by Crippen LogP contribution is -2.61. The number of anilines is 1. The summed E-state index contributed by atoms with van der Waals surface area (Å²) in [6.07, 6.45) is 8.58. The largest absolute Gasteiger partial charge is 0.480 e. The van der Waals surface area contributed by atoms with E-state index in [1.165, 1.54) is 67.3 Å². The Morgan fingerprint density at radius 3 is 1.76 bits per heavy atom. The number of amides is 11. The number of aliphatic imine (C=N–C) groups is 1. The van der Waals surface area contributed by atoms with Gasteiger partial charge in [-0.1, -0.05) is 78.3 Å². The summed E-state index contributed by atoms with van der Waals surface area (Å²) in [5.74, 6) is -10.4. The first-order chi connectivity index (χ1) is 54.3. The number of nitrogen functional groups attached to an aromatic ring is 1. The number of nitrogens with two attached hydrogens (primary N) is 4. The number of imidazole rings is 1. The molecule has 4 aromatic heterocycles. The number of unbranched alkanes of at least 4 members (excludes halogenated alkanes) is 2. The Morgan fingerprint density at radius 2 is 1.16 bits per heavy atom. The zero-order chi connectivity index (χ0) is 81.3. The minimum atomic E-state index is -1.85. The zero-order valence-corrected chi connectivity index (χ0v) is 63.0. The van der Waals surface area contributed by atoms with E-state index in [2.05, 4.69) is 83.1 Å². The van der Waals surface area contributed by atoms with Crippen LogP contribution in [0.5, 0.6) is 0 Å². The number of aliphatic carboxylic acids is 1. The van der Waals surface area contributed by atoms with Crippen LogP contribution in [0.1, 0.15) is 114 Å². The third-order valence-corrected chi connectivity index (χ3v) is 18.8. The Labute approximate surface area is 656 Å². The Morgan fingerprint density at radius 1 is 0.575 bits per heavy atom. The molecule has 0 radical (unpaired) electrons. The van der Waals surface area contributed by atoms with E-state index in [0.29, 0.717) is 22.6 Å². The van der Waals surface area contributed by atoms with E-state index < -0.39 is 138 Å². The summed E-state index contributed by atoms with van der Waals surface area (Å²) in [5.41, 5.74) is 25.8. The number of carboxylic acid groups (broad SMARTS) is 1.